The van der Waals surface area contributed by atoms with E-state index in [4.69, 9.17) is 15.1 Å². The van der Waals surface area contributed by atoms with Crippen LogP contribution in [0, 0.1) is 0 Å². The lowest BCUT2D eigenvalue weighted by molar-refractivity contribution is 0.608. The van der Waals surface area contributed by atoms with E-state index in [2.05, 4.69) is 24.3 Å². The lowest BCUT2D eigenvalue weighted by atomic mass is 9.91. The van der Waals surface area contributed by atoms with Gasteiger partial charge in [-0.2, -0.15) is 0 Å². The number of pyridine rings is 1. The van der Waals surface area contributed by atoms with Crippen molar-refractivity contribution in [3.8, 4) is 22.5 Å². The highest BCUT2D eigenvalue weighted by atomic mass is 16.3. The first-order valence-electron chi connectivity index (χ1n) is 9.17. The van der Waals surface area contributed by atoms with Crippen LogP contribution in [-0.4, -0.2) is 4.98 Å². The van der Waals surface area contributed by atoms with Crippen molar-refractivity contribution in [1.82, 2.24) is 4.98 Å². The standard InChI is InChI=1S/C23H20N2O/c24-21-17-13-7-8-14-18(17)25-23-20(21)19(15-9-3-1-4-10-15)22(26-23)16-11-5-2-6-12-16/h1-6,9-12H,7-8,13-14H2,(H2,24,25). The largest absolute Gasteiger partial charge is 0.437 e. The van der Waals surface area contributed by atoms with Gasteiger partial charge >= 0.3 is 0 Å². The molecule has 5 rings (SSSR count). The van der Waals surface area contributed by atoms with Crippen LogP contribution in [0.3, 0.4) is 0 Å². The number of rotatable bonds is 2. The fourth-order valence-electron chi connectivity index (χ4n) is 4.00. The molecular weight excluding hydrogens is 320 g/mol. The Bertz CT molecular complexity index is 1080. The van der Waals surface area contributed by atoms with Crippen molar-refractivity contribution in [2.24, 2.45) is 0 Å². The van der Waals surface area contributed by atoms with E-state index < -0.39 is 0 Å². The van der Waals surface area contributed by atoms with E-state index in [1.54, 1.807) is 0 Å². The minimum Gasteiger partial charge on any atom is -0.437 e. The first-order valence-corrected chi connectivity index (χ1v) is 9.17. The van der Waals surface area contributed by atoms with Crippen molar-refractivity contribution < 1.29 is 4.42 Å². The highest BCUT2D eigenvalue weighted by Gasteiger charge is 2.25. The fourth-order valence-corrected chi connectivity index (χ4v) is 4.00. The molecule has 0 saturated carbocycles. The lowest BCUT2D eigenvalue weighted by Crippen LogP contribution is -2.09. The minimum atomic E-state index is 0.654. The number of aryl methyl sites for hydroxylation is 1. The zero-order valence-electron chi connectivity index (χ0n) is 14.5. The molecule has 2 aromatic carbocycles. The van der Waals surface area contributed by atoms with Gasteiger partial charge in [-0.3, -0.25) is 0 Å². The Balaban J connectivity index is 1.88. The Labute approximate surface area is 152 Å². The number of nitrogen functional groups attached to an aromatic ring is 1. The van der Waals surface area contributed by atoms with E-state index in [1.807, 2.05) is 36.4 Å². The van der Waals surface area contributed by atoms with Gasteiger partial charge in [0.25, 0.3) is 0 Å². The molecule has 0 fully saturated rings. The molecule has 3 heteroatoms. The van der Waals surface area contributed by atoms with Crippen LogP contribution in [0.1, 0.15) is 24.1 Å². The Morgan fingerprint density at radius 2 is 1.46 bits per heavy atom. The number of anilines is 1. The number of nitrogens with two attached hydrogens (primary N) is 1. The second-order valence-corrected chi connectivity index (χ2v) is 6.88. The van der Waals surface area contributed by atoms with Crippen LogP contribution in [0.2, 0.25) is 0 Å². The van der Waals surface area contributed by atoms with Crippen molar-refractivity contribution in [2.45, 2.75) is 25.7 Å². The van der Waals surface area contributed by atoms with E-state index in [-0.39, 0.29) is 0 Å². The molecule has 1 aliphatic rings. The summed E-state index contributed by atoms with van der Waals surface area (Å²) in [7, 11) is 0. The smallest absolute Gasteiger partial charge is 0.229 e. The maximum absolute atomic E-state index is 6.67. The highest BCUT2D eigenvalue weighted by molar-refractivity contribution is 6.07. The van der Waals surface area contributed by atoms with E-state index >= 15 is 0 Å². The van der Waals surface area contributed by atoms with E-state index in [0.29, 0.717) is 5.71 Å². The van der Waals surface area contributed by atoms with Gasteiger partial charge in [0.1, 0.15) is 5.76 Å². The Morgan fingerprint density at radius 1 is 0.808 bits per heavy atom. The molecule has 0 unspecified atom stereocenters. The maximum atomic E-state index is 6.67. The molecule has 0 radical (unpaired) electrons. The van der Waals surface area contributed by atoms with Gasteiger partial charge in [-0.1, -0.05) is 60.7 Å². The molecular formula is C23H20N2O. The number of hydrogen-bond acceptors (Lipinski definition) is 3. The van der Waals surface area contributed by atoms with Crippen molar-refractivity contribution >= 4 is 16.8 Å². The van der Waals surface area contributed by atoms with Gasteiger partial charge in [0.2, 0.25) is 5.71 Å². The predicted octanol–water partition coefficient (Wildman–Crippen LogP) is 5.62. The molecule has 4 aromatic rings. The highest BCUT2D eigenvalue weighted by Crippen LogP contribution is 2.44. The molecule has 0 amide bonds. The first-order chi connectivity index (χ1) is 12.8. The molecule has 2 N–H and O–H groups in total. The van der Waals surface area contributed by atoms with E-state index in [1.165, 1.54) is 18.4 Å². The van der Waals surface area contributed by atoms with Gasteiger partial charge in [-0.05, 0) is 36.8 Å². The van der Waals surface area contributed by atoms with Crippen LogP contribution in [0.25, 0.3) is 33.6 Å². The molecule has 1 aliphatic carbocycles. The van der Waals surface area contributed by atoms with Gasteiger partial charge in [0.05, 0.1) is 11.1 Å². The van der Waals surface area contributed by atoms with Crippen molar-refractivity contribution in [2.75, 3.05) is 5.73 Å². The molecule has 2 heterocycles. The lowest BCUT2D eigenvalue weighted by Gasteiger charge is -2.17. The summed E-state index contributed by atoms with van der Waals surface area (Å²) in [5.41, 5.74) is 13.7. The molecule has 128 valence electrons. The monoisotopic (exact) mass is 340 g/mol. The number of hydrogen-bond donors (Lipinski definition) is 1. The van der Waals surface area contributed by atoms with Crippen LogP contribution in [0.4, 0.5) is 5.69 Å². The van der Waals surface area contributed by atoms with Gasteiger partial charge in [-0.25, -0.2) is 4.98 Å². The summed E-state index contributed by atoms with van der Waals surface area (Å²) in [5.74, 6) is 0.841. The quantitative estimate of drug-likeness (QED) is 0.515. The third-order valence-corrected chi connectivity index (χ3v) is 5.26. The molecule has 26 heavy (non-hydrogen) atoms. The zero-order valence-corrected chi connectivity index (χ0v) is 14.5. The van der Waals surface area contributed by atoms with Crippen LogP contribution >= 0.6 is 0 Å². The first kappa shape index (κ1) is 15.2. The van der Waals surface area contributed by atoms with E-state index in [9.17, 15) is 0 Å². The number of benzene rings is 2. The van der Waals surface area contributed by atoms with Crippen LogP contribution in [-0.2, 0) is 12.8 Å². The summed E-state index contributed by atoms with van der Waals surface area (Å²) in [6.45, 7) is 0. The Kier molecular flexibility index (Phi) is 3.52. The van der Waals surface area contributed by atoms with Gasteiger partial charge in [-0.15, -0.1) is 0 Å². The number of nitrogens with zero attached hydrogens (tertiary/aromatic N) is 1. The molecule has 0 bridgehead atoms. The fraction of sp³-hybridized carbons (Fsp3) is 0.174. The van der Waals surface area contributed by atoms with Gasteiger partial charge in [0.15, 0.2) is 0 Å². The normalized spacial score (nSPS) is 13.7. The average molecular weight is 340 g/mol. The zero-order chi connectivity index (χ0) is 17.5. The third kappa shape index (κ3) is 2.31. The summed E-state index contributed by atoms with van der Waals surface area (Å²) in [5, 5.41) is 0.954. The summed E-state index contributed by atoms with van der Waals surface area (Å²) in [6, 6.07) is 20.5. The van der Waals surface area contributed by atoms with Gasteiger partial charge in [0, 0.05) is 16.8 Å². The van der Waals surface area contributed by atoms with Crippen LogP contribution < -0.4 is 5.73 Å². The summed E-state index contributed by atoms with van der Waals surface area (Å²) < 4.78 is 6.30. The van der Waals surface area contributed by atoms with Crippen LogP contribution in [0.5, 0.6) is 0 Å². The number of fused-ring (bicyclic) bond motifs is 2. The van der Waals surface area contributed by atoms with E-state index in [0.717, 1.165) is 52.1 Å². The SMILES string of the molecule is Nc1c2c(nc3oc(-c4ccccc4)c(-c4ccccc4)c13)CCCC2. The summed E-state index contributed by atoms with van der Waals surface area (Å²) >= 11 is 0. The van der Waals surface area contributed by atoms with Gasteiger partial charge < -0.3 is 10.2 Å². The summed E-state index contributed by atoms with van der Waals surface area (Å²) in [4.78, 5) is 4.86. The average Bonchev–Trinajstić information content (AvgIpc) is 3.09. The second-order valence-electron chi connectivity index (χ2n) is 6.88. The number of furan rings is 1. The molecule has 0 aliphatic heterocycles. The number of aromatic nitrogens is 1. The molecule has 0 saturated heterocycles. The molecule has 0 spiro atoms. The minimum absolute atomic E-state index is 0.654. The second kappa shape index (κ2) is 6.03. The van der Waals surface area contributed by atoms with Crippen molar-refractivity contribution in [1.29, 1.82) is 0 Å². The molecule has 2 aromatic heterocycles. The maximum Gasteiger partial charge on any atom is 0.229 e. The molecule has 3 nitrogen and oxygen atoms in total. The summed E-state index contributed by atoms with van der Waals surface area (Å²) in [6.07, 6.45) is 4.33. The third-order valence-electron chi connectivity index (χ3n) is 5.26. The Hall–Kier alpha value is -3.07. The topological polar surface area (TPSA) is 52.0 Å². The Morgan fingerprint density at radius 3 is 2.19 bits per heavy atom. The van der Waals surface area contributed by atoms with Crippen LogP contribution in [0.15, 0.2) is 65.1 Å². The predicted molar refractivity (Wildman–Crippen MR) is 106 cm³/mol. The van der Waals surface area contributed by atoms with Crippen molar-refractivity contribution in [3.63, 3.8) is 0 Å². The van der Waals surface area contributed by atoms with Crippen molar-refractivity contribution in [3.05, 3.63) is 71.9 Å². The molecule has 0 atom stereocenters.